The molecule has 1 aliphatic carbocycles. The number of nitrogens with one attached hydrogen (secondary N) is 1. The fourth-order valence-corrected chi connectivity index (χ4v) is 3.54. The Labute approximate surface area is 97.6 Å². The molecule has 2 N–H and O–H groups in total. The van der Waals surface area contributed by atoms with Crippen molar-refractivity contribution in [3.63, 3.8) is 0 Å². The van der Waals surface area contributed by atoms with Crippen LogP contribution in [0, 0.1) is 11.3 Å². The SMILES string of the molecule is O=C(O)C1(C2CCCCC2)CCCNCC1. The molecular formula is C13H23NO2. The quantitative estimate of drug-likeness (QED) is 0.758. The Morgan fingerprint density at radius 1 is 1.06 bits per heavy atom. The fraction of sp³-hybridized carbons (Fsp3) is 0.923. The highest BCUT2D eigenvalue weighted by Crippen LogP contribution is 2.45. The van der Waals surface area contributed by atoms with Crippen LogP contribution in [0.2, 0.25) is 0 Å². The van der Waals surface area contributed by atoms with Crippen LogP contribution in [0.25, 0.3) is 0 Å². The Morgan fingerprint density at radius 3 is 2.50 bits per heavy atom. The van der Waals surface area contributed by atoms with Crippen LogP contribution in [0.1, 0.15) is 51.4 Å². The second kappa shape index (κ2) is 5.17. The van der Waals surface area contributed by atoms with Gasteiger partial charge in [-0.15, -0.1) is 0 Å². The summed E-state index contributed by atoms with van der Waals surface area (Å²) in [5.41, 5.74) is -0.413. The summed E-state index contributed by atoms with van der Waals surface area (Å²) in [5.74, 6) is -0.109. The summed E-state index contributed by atoms with van der Waals surface area (Å²) in [4.78, 5) is 11.7. The molecule has 1 atom stereocenters. The van der Waals surface area contributed by atoms with Crippen molar-refractivity contribution in [3.8, 4) is 0 Å². The fourth-order valence-electron chi connectivity index (χ4n) is 3.54. The van der Waals surface area contributed by atoms with Crippen molar-refractivity contribution >= 4 is 5.97 Å². The Hall–Kier alpha value is -0.570. The van der Waals surface area contributed by atoms with Crippen molar-refractivity contribution in [3.05, 3.63) is 0 Å². The van der Waals surface area contributed by atoms with E-state index in [0.717, 1.165) is 45.2 Å². The molecule has 0 aromatic carbocycles. The van der Waals surface area contributed by atoms with E-state index >= 15 is 0 Å². The van der Waals surface area contributed by atoms with Crippen molar-refractivity contribution in [1.82, 2.24) is 5.32 Å². The molecule has 0 radical (unpaired) electrons. The van der Waals surface area contributed by atoms with Gasteiger partial charge in [-0.2, -0.15) is 0 Å². The van der Waals surface area contributed by atoms with Crippen molar-refractivity contribution in [2.24, 2.45) is 11.3 Å². The molecule has 1 saturated carbocycles. The highest BCUT2D eigenvalue weighted by molar-refractivity contribution is 5.75. The number of carboxylic acids is 1. The van der Waals surface area contributed by atoms with Gasteiger partial charge in [0.25, 0.3) is 0 Å². The van der Waals surface area contributed by atoms with Crippen LogP contribution in [0.5, 0.6) is 0 Å². The number of hydrogen-bond acceptors (Lipinski definition) is 2. The third-order valence-corrected chi connectivity index (χ3v) is 4.54. The summed E-state index contributed by atoms with van der Waals surface area (Å²) in [6.45, 7) is 1.87. The monoisotopic (exact) mass is 225 g/mol. The summed E-state index contributed by atoms with van der Waals surface area (Å²) in [6, 6.07) is 0. The van der Waals surface area contributed by atoms with Gasteiger partial charge in [-0.05, 0) is 51.1 Å². The van der Waals surface area contributed by atoms with Crippen molar-refractivity contribution in [2.45, 2.75) is 51.4 Å². The van der Waals surface area contributed by atoms with Crippen LogP contribution < -0.4 is 5.32 Å². The van der Waals surface area contributed by atoms with Gasteiger partial charge in [-0.25, -0.2) is 0 Å². The van der Waals surface area contributed by atoms with Gasteiger partial charge in [0.15, 0.2) is 0 Å². The molecule has 1 saturated heterocycles. The van der Waals surface area contributed by atoms with E-state index in [1.165, 1.54) is 19.3 Å². The van der Waals surface area contributed by atoms with E-state index in [1.54, 1.807) is 0 Å². The molecule has 0 aromatic heterocycles. The van der Waals surface area contributed by atoms with Crippen LogP contribution in [0.4, 0.5) is 0 Å². The second-order valence-electron chi connectivity index (χ2n) is 5.40. The highest BCUT2D eigenvalue weighted by Gasteiger charge is 2.45. The first-order chi connectivity index (χ1) is 7.76. The summed E-state index contributed by atoms with van der Waals surface area (Å²) in [6.07, 6.45) is 8.74. The molecule has 3 nitrogen and oxygen atoms in total. The van der Waals surface area contributed by atoms with Crippen LogP contribution >= 0.6 is 0 Å². The molecule has 16 heavy (non-hydrogen) atoms. The molecule has 3 heteroatoms. The van der Waals surface area contributed by atoms with Crippen molar-refractivity contribution in [1.29, 1.82) is 0 Å². The van der Waals surface area contributed by atoms with E-state index in [-0.39, 0.29) is 0 Å². The molecule has 0 amide bonds. The predicted molar refractivity (Wildman–Crippen MR) is 63.4 cm³/mol. The van der Waals surface area contributed by atoms with Crippen molar-refractivity contribution < 1.29 is 9.90 Å². The largest absolute Gasteiger partial charge is 0.481 e. The normalized spacial score (nSPS) is 33.2. The lowest BCUT2D eigenvalue weighted by Crippen LogP contribution is -2.40. The van der Waals surface area contributed by atoms with E-state index in [4.69, 9.17) is 0 Å². The zero-order valence-electron chi connectivity index (χ0n) is 10.0. The molecule has 92 valence electrons. The summed E-state index contributed by atoms with van der Waals surface area (Å²) in [5, 5.41) is 13.0. The first kappa shape index (κ1) is 11.9. The van der Waals surface area contributed by atoms with E-state index < -0.39 is 11.4 Å². The third-order valence-electron chi connectivity index (χ3n) is 4.54. The summed E-state index contributed by atoms with van der Waals surface area (Å²) >= 11 is 0. The van der Waals surface area contributed by atoms with Crippen LogP contribution in [-0.2, 0) is 4.79 Å². The summed E-state index contributed by atoms with van der Waals surface area (Å²) in [7, 11) is 0. The lowest BCUT2D eigenvalue weighted by atomic mass is 9.65. The van der Waals surface area contributed by atoms with Gasteiger partial charge in [-0.1, -0.05) is 19.3 Å². The van der Waals surface area contributed by atoms with Gasteiger partial charge >= 0.3 is 5.97 Å². The van der Waals surface area contributed by atoms with Crippen LogP contribution in [0.15, 0.2) is 0 Å². The smallest absolute Gasteiger partial charge is 0.309 e. The standard InChI is InChI=1S/C13H23NO2/c15-12(16)13(7-4-9-14-10-8-13)11-5-2-1-3-6-11/h11,14H,1-10H2,(H,15,16). The molecular weight excluding hydrogens is 202 g/mol. The average Bonchev–Trinajstić information content (AvgIpc) is 2.56. The van der Waals surface area contributed by atoms with Gasteiger partial charge in [0, 0.05) is 0 Å². The molecule has 2 rings (SSSR count). The Morgan fingerprint density at radius 2 is 1.81 bits per heavy atom. The minimum atomic E-state index is -0.539. The first-order valence-electron chi connectivity index (χ1n) is 6.70. The highest BCUT2D eigenvalue weighted by atomic mass is 16.4. The number of carboxylic acid groups (broad SMARTS) is 1. The zero-order chi connectivity index (χ0) is 11.4. The van der Waals surface area contributed by atoms with E-state index in [1.807, 2.05) is 0 Å². The first-order valence-corrected chi connectivity index (χ1v) is 6.70. The lowest BCUT2D eigenvalue weighted by Gasteiger charge is -2.38. The minimum Gasteiger partial charge on any atom is -0.481 e. The zero-order valence-corrected chi connectivity index (χ0v) is 10.0. The Bertz CT molecular complexity index is 238. The average molecular weight is 225 g/mol. The number of hydrogen-bond donors (Lipinski definition) is 2. The van der Waals surface area contributed by atoms with E-state index in [9.17, 15) is 9.90 Å². The Kier molecular flexibility index (Phi) is 3.85. The third kappa shape index (κ3) is 2.24. The number of carbonyl (C=O) groups is 1. The van der Waals surface area contributed by atoms with Gasteiger partial charge in [0.1, 0.15) is 0 Å². The maximum absolute atomic E-state index is 11.7. The summed E-state index contributed by atoms with van der Waals surface area (Å²) < 4.78 is 0. The lowest BCUT2D eigenvalue weighted by molar-refractivity contribution is -0.154. The molecule has 1 unspecified atom stereocenters. The molecule has 0 aromatic rings. The minimum absolute atomic E-state index is 0.413. The van der Waals surface area contributed by atoms with Gasteiger partial charge in [0.2, 0.25) is 0 Å². The maximum Gasteiger partial charge on any atom is 0.309 e. The molecule has 1 aliphatic heterocycles. The van der Waals surface area contributed by atoms with Gasteiger partial charge in [-0.3, -0.25) is 4.79 Å². The molecule has 0 spiro atoms. The number of aliphatic carboxylic acids is 1. The second-order valence-corrected chi connectivity index (χ2v) is 5.40. The van der Waals surface area contributed by atoms with Crippen LogP contribution in [0.3, 0.4) is 0 Å². The van der Waals surface area contributed by atoms with Gasteiger partial charge in [0.05, 0.1) is 5.41 Å². The predicted octanol–water partition coefficient (Wildman–Crippen LogP) is 2.41. The molecule has 2 fully saturated rings. The van der Waals surface area contributed by atoms with Crippen molar-refractivity contribution in [2.75, 3.05) is 13.1 Å². The molecule has 0 bridgehead atoms. The molecule has 2 aliphatic rings. The number of rotatable bonds is 2. The Balaban J connectivity index is 2.14. The van der Waals surface area contributed by atoms with Crippen LogP contribution in [-0.4, -0.2) is 24.2 Å². The maximum atomic E-state index is 11.7. The van der Waals surface area contributed by atoms with E-state index in [0.29, 0.717) is 5.92 Å². The topological polar surface area (TPSA) is 49.3 Å². The van der Waals surface area contributed by atoms with Gasteiger partial charge < -0.3 is 10.4 Å². The van der Waals surface area contributed by atoms with E-state index in [2.05, 4.69) is 5.32 Å². The molecule has 1 heterocycles.